The van der Waals surface area contributed by atoms with Gasteiger partial charge >= 0.3 is 0 Å². The number of amides is 1. The summed E-state index contributed by atoms with van der Waals surface area (Å²) in [5.41, 5.74) is 3.57. The molecule has 32 heavy (non-hydrogen) atoms. The van der Waals surface area contributed by atoms with Gasteiger partial charge < -0.3 is 14.5 Å². The largest absolute Gasteiger partial charge is 0.487 e. The summed E-state index contributed by atoms with van der Waals surface area (Å²) >= 11 is 0. The van der Waals surface area contributed by atoms with E-state index in [1.807, 2.05) is 71.7 Å². The zero-order valence-electron chi connectivity index (χ0n) is 17.8. The molecule has 5 rings (SSSR count). The lowest BCUT2D eigenvalue weighted by Gasteiger charge is -2.09. The number of ether oxygens (including phenoxy) is 1. The summed E-state index contributed by atoms with van der Waals surface area (Å²) in [6, 6.07) is 15.1. The van der Waals surface area contributed by atoms with Crippen LogP contribution in [-0.2, 0) is 6.61 Å². The number of fused-ring (bicyclic) bond motifs is 2. The fraction of sp³-hybridized carbons (Fsp3) is 0.167. The summed E-state index contributed by atoms with van der Waals surface area (Å²) in [4.78, 5) is 21.7. The van der Waals surface area contributed by atoms with Gasteiger partial charge in [0.2, 0.25) is 0 Å². The maximum atomic E-state index is 12.8. The van der Waals surface area contributed by atoms with Crippen molar-refractivity contribution in [2.24, 2.45) is 0 Å². The third-order valence-electron chi connectivity index (χ3n) is 5.08. The Bertz CT molecular complexity index is 1390. The number of imidazole rings is 1. The number of benzene rings is 1. The second-order valence-corrected chi connectivity index (χ2v) is 7.79. The maximum Gasteiger partial charge on any atom is 0.257 e. The lowest BCUT2D eigenvalue weighted by Crippen LogP contribution is -2.12. The van der Waals surface area contributed by atoms with Crippen LogP contribution in [0.15, 0.2) is 73.3 Å². The minimum Gasteiger partial charge on any atom is -0.487 e. The number of anilines is 1. The van der Waals surface area contributed by atoms with Crippen LogP contribution in [0, 0.1) is 0 Å². The van der Waals surface area contributed by atoms with Crippen molar-refractivity contribution in [3.05, 3.63) is 84.6 Å². The summed E-state index contributed by atoms with van der Waals surface area (Å²) in [7, 11) is 0. The summed E-state index contributed by atoms with van der Waals surface area (Å²) in [6.45, 7) is 4.41. The Morgan fingerprint density at radius 3 is 2.88 bits per heavy atom. The molecule has 0 aliphatic carbocycles. The van der Waals surface area contributed by atoms with E-state index in [9.17, 15) is 4.79 Å². The molecule has 0 aliphatic heterocycles. The molecule has 0 bridgehead atoms. The van der Waals surface area contributed by atoms with E-state index in [4.69, 9.17) is 4.74 Å². The smallest absolute Gasteiger partial charge is 0.257 e. The first-order chi connectivity index (χ1) is 15.6. The van der Waals surface area contributed by atoms with Gasteiger partial charge in [-0.2, -0.15) is 5.10 Å². The Kier molecular flexibility index (Phi) is 5.03. The highest BCUT2D eigenvalue weighted by Crippen LogP contribution is 2.21. The van der Waals surface area contributed by atoms with Crippen molar-refractivity contribution in [3.8, 4) is 5.75 Å². The van der Waals surface area contributed by atoms with Crippen LogP contribution >= 0.6 is 0 Å². The summed E-state index contributed by atoms with van der Waals surface area (Å²) in [5, 5.41) is 8.09. The third kappa shape index (κ3) is 3.90. The molecule has 0 radical (unpaired) electrons. The molecule has 1 N–H and O–H groups in total. The molecular formula is C24H22N6O2. The van der Waals surface area contributed by atoms with E-state index >= 15 is 0 Å². The second kappa shape index (κ2) is 8.14. The Morgan fingerprint density at radius 1 is 1.12 bits per heavy atom. The van der Waals surface area contributed by atoms with Crippen LogP contribution in [0.3, 0.4) is 0 Å². The molecule has 0 aliphatic rings. The topological polar surface area (TPSA) is 86.3 Å². The molecule has 0 fully saturated rings. The van der Waals surface area contributed by atoms with Crippen LogP contribution < -0.4 is 10.1 Å². The van der Waals surface area contributed by atoms with Gasteiger partial charge in [-0.3, -0.25) is 4.79 Å². The Balaban J connectivity index is 1.28. The molecule has 5 aromatic rings. The number of nitrogens with one attached hydrogen (secondary N) is 1. The molecule has 160 valence electrons. The molecule has 0 saturated carbocycles. The van der Waals surface area contributed by atoms with Crippen LogP contribution in [0.4, 0.5) is 5.69 Å². The van der Waals surface area contributed by atoms with Gasteiger partial charge in [0.25, 0.3) is 5.91 Å². The standard InChI is InChI=1S/C24H22N6O2/c1-16(2)30-23-17(13-26-30)10-18(12-25-23)24(31)28-19-6-5-7-21(11-19)32-15-20-14-29-9-4-3-8-22(29)27-20/h3-14,16H,15H2,1-2H3,(H,28,31). The van der Waals surface area contributed by atoms with Crippen LogP contribution in [0.1, 0.15) is 35.9 Å². The third-order valence-corrected chi connectivity index (χ3v) is 5.08. The SMILES string of the molecule is CC(C)n1ncc2cc(C(=O)Nc3cccc(OCc4cn5ccccc5n4)c3)cnc21. The second-order valence-electron chi connectivity index (χ2n) is 7.79. The molecule has 0 saturated heterocycles. The van der Waals surface area contributed by atoms with Gasteiger partial charge in [0, 0.05) is 41.8 Å². The summed E-state index contributed by atoms with van der Waals surface area (Å²) in [5.74, 6) is 0.404. The molecule has 1 amide bonds. The van der Waals surface area contributed by atoms with Gasteiger partial charge in [-0.1, -0.05) is 12.1 Å². The van der Waals surface area contributed by atoms with Gasteiger partial charge in [0.05, 0.1) is 17.5 Å². The summed E-state index contributed by atoms with van der Waals surface area (Å²) < 4.78 is 9.67. The fourth-order valence-corrected chi connectivity index (χ4v) is 3.52. The minimum atomic E-state index is -0.241. The van der Waals surface area contributed by atoms with E-state index in [1.165, 1.54) is 0 Å². The van der Waals surface area contributed by atoms with Crippen molar-refractivity contribution in [2.45, 2.75) is 26.5 Å². The van der Waals surface area contributed by atoms with Crippen molar-refractivity contribution < 1.29 is 9.53 Å². The Morgan fingerprint density at radius 2 is 2.03 bits per heavy atom. The quantitative estimate of drug-likeness (QED) is 0.432. The van der Waals surface area contributed by atoms with E-state index in [0.29, 0.717) is 23.6 Å². The molecule has 4 heterocycles. The van der Waals surface area contributed by atoms with Crippen LogP contribution in [-0.4, -0.2) is 30.1 Å². The van der Waals surface area contributed by atoms with Crippen molar-refractivity contribution in [3.63, 3.8) is 0 Å². The van der Waals surface area contributed by atoms with Crippen LogP contribution in [0.2, 0.25) is 0 Å². The first-order valence-corrected chi connectivity index (χ1v) is 10.4. The molecule has 8 nitrogen and oxygen atoms in total. The average Bonchev–Trinajstić information content (AvgIpc) is 3.41. The molecule has 1 aromatic carbocycles. The number of aromatic nitrogens is 5. The van der Waals surface area contributed by atoms with E-state index < -0.39 is 0 Å². The van der Waals surface area contributed by atoms with E-state index in [1.54, 1.807) is 24.5 Å². The lowest BCUT2D eigenvalue weighted by molar-refractivity contribution is 0.102. The minimum absolute atomic E-state index is 0.197. The fourth-order valence-electron chi connectivity index (χ4n) is 3.52. The molecule has 0 atom stereocenters. The average molecular weight is 426 g/mol. The molecule has 4 aromatic heterocycles. The van der Waals surface area contributed by atoms with Crippen LogP contribution in [0.25, 0.3) is 16.7 Å². The molecule has 8 heteroatoms. The van der Waals surface area contributed by atoms with Gasteiger partial charge in [0.1, 0.15) is 18.0 Å². The van der Waals surface area contributed by atoms with E-state index in [2.05, 4.69) is 20.4 Å². The highest BCUT2D eigenvalue weighted by Gasteiger charge is 2.12. The number of pyridine rings is 2. The number of hydrogen-bond acceptors (Lipinski definition) is 5. The van der Waals surface area contributed by atoms with Crippen molar-refractivity contribution >= 4 is 28.3 Å². The van der Waals surface area contributed by atoms with Gasteiger partial charge in [-0.05, 0) is 44.2 Å². The first kappa shape index (κ1) is 19.7. The number of rotatable bonds is 6. The van der Waals surface area contributed by atoms with E-state index in [0.717, 1.165) is 22.4 Å². The number of hydrogen-bond donors (Lipinski definition) is 1. The van der Waals surface area contributed by atoms with E-state index in [-0.39, 0.29) is 11.9 Å². The first-order valence-electron chi connectivity index (χ1n) is 10.4. The zero-order chi connectivity index (χ0) is 22.1. The number of carbonyl (C=O) groups is 1. The predicted molar refractivity (Wildman–Crippen MR) is 122 cm³/mol. The molecule has 0 spiro atoms. The predicted octanol–water partition coefficient (Wildman–Crippen LogP) is 4.49. The van der Waals surface area contributed by atoms with Crippen molar-refractivity contribution in [1.82, 2.24) is 24.1 Å². The van der Waals surface area contributed by atoms with Crippen molar-refractivity contribution in [2.75, 3.05) is 5.32 Å². The normalized spacial score (nSPS) is 11.3. The number of nitrogens with zero attached hydrogens (tertiary/aromatic N) is 5. The van der Waals surface area contributed by atoms with Crippen molar-refractivity contribution in [1.29, 1.82) is 0 Å². The highest BCUT2D eigenvalue weighted by atomic mass is 16.5. The Hall–Kier alpha value is -4.20. The molecule has 0 unspecified atom stereocenters. The Labute approximate surface area is 184 Å². The van der Waals surface area contributed by atoms with Gasteiger partial charge in [-0.15, -0.1) is 0 Å². The van der Waals surface area contributed by atoms with Gasteiger partial charge in [-0.25, -0.2) is 14.6 Å². The zero-order valence-corrected chi connectivity index (χ0v) is 17.8. The monoisotopic (exact) mass is 426 g/mol. The molecular weight excluding hydrogens is 404 g/mol. The lowest BCUT2D eigenvalue weighted by atomic mass is 10.2. The van der Waals surface area contributed by atoms with Gasteiger partial charge in [0.15, 0.2) is 5.65 Å². The summed E-state index contributed by atoms with van der Waals surface area (Å²) in [6.07, 6.45) is 7.18. The highest BCUT2D eigenvalue weighted by molar-refractivity contribution is 6.05. The number of carbonyl (C=O) groups excluding carboxylic acids is 1. The maximum absolute atomic E-state index is 12.8. The van der Waals surface area contributed by atoms with Crippen LogP contribution in [0.5, 0.6) is 5.75 Å².